The Morgan fingerprint density at radius 1 is 1.16 bits per heavy atom. The molecule has 0 bridgehead atoms. The van der Waals surface area contributed by atoms with Crippen molar-refractivity contribution < 1.29 is 28.2 Å². The minimum atomic E-state index is -1.32. The van der Waals surface area contributed by atoms with Crippen LogP contribution in [0.25, 0.3) is 10.8 Å². The summed E-state index contributed by atoms with van der Waals surface area (Å²) in [4.78, 5) is 18.6. The van der Waals surface area contributed by atoms with Crippen molar-refractivity contribution in [3.05, 3.63) is 58.3 Å². The van der Waals surface area contributed by atoms with Crippen LogP contribution in [-0.2, 0) is 32.0 Å². The van der Waals surface area contributed by atoms with Gasteiger partial charge in [-0.1, -0.05) is 12.1 Å². The van der Waals surface area contributed by atoms with Crippen LogP contribution in [0.15, 0.2) is 40.8 Å². The number of oxazole rings is 1. The molecule has 2 aromatic heterocycles. The lowest BCUT2D eigenvalue weighted by Crippen LogP contribution is -2.48. The number of thiophene rings is 1. The summed E-state index contributed by atoms with van der Waals surface area (Å²) in [6.45, 7) is 6.75. The fourth-order valence-corrected chi connectivity index (χ4v) is 4.28. The van der Waals surface area contributed by atoms with Crippen LogP contribution in [-0.4, -0.2) is 37.1 Å². The largest absolute Gasteiger partial charge is 0.487 e. The highest BCUT2D eigenvalue weighted by atomic mass is 32.1. The smallest absolute Gasteiger partial charge is 0.366 e. The summed E-state index contributed by atoms with van der Waals surface area (Å²) in [6.07, 6.45) is 0.781. The van der Waals surface area contributed by atoms with Crippen LogP contribution in [0.4, 0.5) is 0 Å². The predicted octanol–water partition coefficient (Wildman–Crippen LogP) is 4.69. The van der Waals surface area contributed by atoms with E-state index in [1.807, 2.05) is 37.3 Å². The average molecular weight is 458 g/mol. The molecule has 1 aliphatic rings. The summed E-state index contributed by atoms with van der Waals surface area (Å²) in [5.74, 6) is 0.492. The molecular formula is C24H27NO6S. The lowest BCUT2D eigenvalue weighted by Gasteiger charge is -2.35. The highest BCUT2D eigenvalue weighted by Crippen LogP contribution is 2.29. The number of ether oxygens (including phenoxy) is 4. The van der Waals surface area contributed by atoms with Gasteiger partial charge in [-0.25, -0.2) is 9.78 Å². The molecule has 3 heterocycles. The topological polar surface area (TPSA) is 80.0 Å². The third kappa shape index (κ3) is 5.03. The van der Waals surface area contributed by atoms with Gasteiger partial charge in [0.25, 0.3) is 5.79 Å². The Balaban J connectivity index is 1.29. The number of nitrogens with zero attached hydrogens (tertiary/aromatic N) is 1. The van der Waals surface area contributed by atoms with Gasteiger partial charge in [-0.3, -0.25) is 0 Å². The van der Waals surface area contributed by atoms with E-state index in [1.54, 1.807) is 18.3 Å². The maximum absolute atomic E-state index is 11.8. The third-order valence-electron chi connectivity index (χ3n) is 5.41. The van der Waals surface area contributed by atoms with Crippen LogP contribution < -0.4 is 4.74 Å². The fourth-order valence-electron chi connectivity index (χ4n) is 3.49. The number of aryl methyl sites for hydroxylation is 2. The summed E-state index contributed by atoms with van der Waals surface area (Å²) >= 11 is 1.66. The Labute approximate surface area is 191 Å². The van der Waals surface area contributed by atoms with Crippen molar-refractivity contribution in [2.24, 2.45) is 5.92 Å². The van der Waals surface area contributed by atoms with Crippen molar-refractivity contribution >= 4 is 17.3 Å². The maximum Gasteiger partial charge on any atom is 0.366 e. The average Bonchev–Trinajstić information content (AvgIpc) is 3.39. The van der Waals surface area contributed by atoms with Crippen LogP contribution in [0, 0.1) is 19.8 Å². The summed E-state index contributed by atoms with van der Waals surface area (Å²) in [5, 5.41) is 0. The van der Waals surface area contributed by atoms with E-state index >= 15 is 0 Å². The summed E-state index contributed by atoms with van der Waals surface area (Å²) < 4.78 is 27.7. The zero-order valence-electron chi connectivity index (χ0n) is 18.7. The molecule has 0 saturated carbocycles. The zero-order chi connectivity index (χ0) is 22.7. The molecule has 1 fully saturated rings. The van der Waals surface area contributed by atoms with Gasteiger partial charge in [0.1, 0.15) is 23.8 Å². The Bertz CT molecular complexity index is 1060. The van der Waals surface area contributed by atoms with Crippen LogP contribution in [0.3, 0.4) is 0 Å². The number of benzene rings is 1. The molecule has 1 aromatic carbocycles. The minimum absolute atomic E-state index is 0.164. The Hall–Kier alpha value is -2.68. The molecular weight excluding hydrogens is 430 g/mol. The van der Waals surface area contributed by atoms with E-state index in [2.05, 4.69) is 18.0 Å². The first-order valence-electron chi connectivity index (χ1n) is 10.5. The summed E-state index contributed by atoms with van der Waals surface area (Å²) in [6, 6.07) is 12.0. The molecule has 0 amide bonds. The van der Waals surface area contributed by atoms with E-state index in [4.69, 9.17) is 23.4 Å². The molecule has 0 atom stereocenters. The van der Waals surface area contributed by atoms with Crippen molar-refractivity contribution in [2.45, 2.75) is 39.6 Å². The van der Waals surface area contributed by atoms with Crippen LogP contribution in [0.2, 0.25) is 0 Å². The van der Waals surface area contributed by atoms with Gasteiger partial charge in [0.2, 0.25) is 5.89 Å². The molecule has 170 valence electrons. The standard InChI is InChI=1S/C24H27NO6S/c1-15-5-10-21(32-15)22-25-20(16(2)31-22)14-28-19-8-6-17(7-9-19)11-18-12-29-24(3,30-13-18)23(26)27-4/h5-10,18H,11-14H2,1-4H3/t18-,24-. The molecule has 8 heteroatoms. The van der Waals surface area contributed by atoms with Crippen molar-refractivity contribution in [3.8, 4) is 16.5 Å². The van der Waals surface area contributed by atoms with E-state index in [1.165, 1.54) is 12.0 Å². The predicted molar refractivity (Wildman–Crippen MR) is 120 cm³/mol. The van der Waals surface area contributed by atoms with Gasteiger partial charge >= 0.3 is 5.97 Å². The van der Waals surface area contributed by atoms with Crippen molar-refractivity contribution in [3.63, 3.8) is 0 Å². The molecule has 1 saturated heterocycles. The van der Waals surface area contributed by atoms with Gasteiger partial charge in [-0.2, -0.15) is 0 Å². The van der Waals surface area contributed by atoms with E-state index in [-0.39, 0.29) is 5.92 Å². The molecule has 0 radical (unpaired) electrons. The molecule has 7 nitrogen and oxygen atoms in total. The van der Waals surface area contributed by atoms with Crippen LogP contribution in [0.5, 0.6) is 5.75 Å². The number of rotatable bonds is 7. The molecule has 1 aliphatic heterocycles. The minimum Gasteiger partial charge on any atom is -0.487 e. The van der Waals surface area contributed by atoms with Crippen molar-refractivity contribution in [1.29, 1.82) is 0 Å². The second-order valence-electron chi connectivity index (χ2n) is 7.99. The first-order valence-corrected chi connectivity index (χ1v) is 11.3. The van der Waals surface area contributed by atoms with Crippen molar-refractivity contribution in [1.82, 2.24) is 4.98 Å². The Morgan fingerprint density at radius 3 is 2.50 bits per heavy atom. The number of methoxy groups -OCH3 is 1. The number of hydrogen-bond acceptors (Lipinski definition) is 8. The van der Waals surface area contributed by atoms with Gasteiger partial charge < -0.3 is 23.4 Å². The lowest BCUT2D eigenvalue weighted by atomic mass is 9.99. The van der Waals surface area contributed by atoms with E-state index in [0.717, 1.165) is 34.1 Å². The van der Waals surface area contributed by atoms with E-state index in [0.29, 0.717) is 25.7 Å². The Kier molecular flexibility index (Phi) is 6.64. The molecule has 0 unspecified atom stereocenters. The van der Waals surface area contributed by atoms with E-state index < -0.39 is 11.8 Å². The molecule has 0 N–H and O–H groups in total. The SMILES string of the molecule is COC(=O)[C@]1(C)OC[C@@H](Cc2ccc(OCc3nc(-c4ccc(C)s4)oc3C)cc2)CO1. The molecule has 4 rings (SSSR count). The van der Waals surface area contributed by atoms with E-state index in [9.17, 15) is 4.79 Å². The van der Waals surface area contributed by atoms with Gasteiger partial charge in [0.15, 0.2) is 0 Å². The number of carbonyl (C=O) groups excluding carboxylic acids is 1. The van der Waals surface area contributed by atoms with Crippen LogP contribution in [0.1, 0.15) is 28.8 Å². The first kappa shape index (κ1) is 22.5. The second-order valence-corrected chi connectivity index (χ2v) is 9.28. The zero-order valence-corrected chi connectivity index (χ0v) is 19.5. The quantitative estimate of drug-likeness (QED) is 0.476. The molecule has 32 heavy (non-hydrogen) atoms. The number of carbonyl (C=O) groups is 1. The monoisotopic (exact) mass is 457 g/mol. The van der Waals surface area contributed by atoms with Crippen molar-refractivity contribution in [2.75, 3.05) is 20.3 Å². The number of hydrogen-bond donors (Lipinski definition) is 0. The Morgan fingerprint density at radius 2 is 1.88 bits per heavy atom. The van der Waals surface area contributed by atoms with Crippen LogP contribution >= 0.6 is 11.3 Å². The second kappa shape index (κ2) is 9.44. The van der Waals surface area contributed by atoms with Gasteiger partial charge in [0.05, 0.1) is 25.2 Å². The summed E-state index contributed by atoms with van der Waals surface area (Å²) in [5.41, 5.74) is 1.93. The summed E-state index contributed by atoms with van der Waals surface area (Å²) in [7, 11) is 1.32. The third-order valence-corrected chi connectivity index (χ3v) is 6.40. The first-order chi connectivity index (χ1) is 15.4. The maximum atomic E-state index is 11.8. The molecule has 0 spiro atoms. The number of aromatic nitrogens is 1. The van der Waals surface area contributed by atoms with Gasteiger partial charge in [-0.05, 0) is 50.1 Å². The number of esters is 1. The normalized spacial score (nSPS) is 20.8. The fraction of sp³-hybridized carbons (Fsp3) is 0.417. The van der Waals surface area contributed by atoms with Gasteiger partial charge in [0, 0.05) is 17.7 Å². The highest BCUT2D eigenvalue weighted by molar-refractivity contribution is 7.15. The molecule has 3 aromatic rings. The van der Waals surface area contributed by atoms with Gasteiger partial charge in [-0.15, -0.1) is 11.3 Å². The lowest BCUT2D eigenvalue weighted by molar-refractivity contribution is -0.272. The molecule has 0 aliphatic carbocycles. The highest BCUT2D eigenvalue weighted by Gasteiger charge is 2.41.